The van der Waals surface area contributed by atoms with Crippen molar-refractivity contribution in [3.63, 3.8) is 0 Å². The number of carbonyl (C=O) groups is 2. The van der Waals surface area contributed by atoms with E-state index in [1.807, 2.05) is 25.3 Å². The first-order valence-electron chi connectivity index (χ1n) is 9.20. The molecule has 0 bridgehead atoms. The third-order valence-corrected chi connectivity index (χ3v) is 6.30. The minimum atomic E-state index is -0.812. The second kappa shape index (κ2) is 10.1. The summed E-state index contributed by atoms with van der Waals surface area (Å²) in [5, 5.41) is 17.5. The van der Waals surface area contributed by atoms with Gasteiger partial charge in [0, 0.05) is 17.3 Å². The van der Waals surface area contributed by atoms with Crippen molar-refractivity contribution < 1.29 is 14.5 Å². The van der Waals surface area contributed by atoms with E-state index in [1.54, 1.807) is 17.8 Å². The quantitative estimate of drug-likeness (QED) is 0.359. The van der Waals surface area contributed by atoms with Crippen LogP contribution in [-0.2, 0) is 4.79 Å². The molecule has 31 heavy (non-hydrogen) atoms. The fourth-order valence-electron chi connectivity index (χ4n) is 2.89. The van der Waals surface area contributed by atoms with Crippen molar-refractivity contribution in [2.24, 2.45) is 0 Å². The van der Waals surface area contributed by atoms with Crippen molar-refractivity contribution >= 4 is 68.1 Å². The van der Waals surface area contributed by atoms with E-state index in [1.165, 1.54) is 23.5 Å². The van der Waals surface area contributed by atoms with Crippen LogP contribution >= 0.6 is 34.7 Å². The fourth-order valence-corrected chi connectivity index (χ4v) is 4.41. The zero-order chi connectivity index (χ0) is 22.5. The normalized spacial score (nSPS) is 11.8. The lowest BCUT2D eigenvalue weighted by atomic mass is 10.1. The molecule has 0 saturated carbocycles. The van der Waals surface area contributed by atoms with Gasteiger partial charge in [-0.3, -0.25) is 19.7 Å². The molecule has 0 aliphatic heterocycles. The summed E-state index contributed by atoms with van der Waals surface area (Å²) >= 11 is 8.88. The predicted octanol–water partition coefficient (Wildman–Crippen LogP) is 4.66. The molecule has 1 atom stereocenters. The van der Waals surface area contributed by atoms with Gasteiger partial charge in [-0.15, -0.1) is 11.3 Å². The molecule has 2 N–H and O–H groups in total. The summed E-state index contributed by atoms with van der Waals surface area (Å²) in [6, 6.07) is 8.39. The van der Waals surface area contributed by atoms with Crippen LogP contribution in [0.5, 0.6) is 0 Å². The molecule has 3 rings (SSSR count). The average Bonchev–Trinajstić information content (AvgIpc) is 3.10. The van der Waals surface area contributed by atoms with Gasteiger partial charge in [0.2, 0.25) is 5.91 Å². The number of hydrogen-bond acceptors (Lipinski definition) is 7. The maximum absolute atomic E-state index is 12.9. The van der Waals surface area contributed by atoms with E-state index in [9.17, 15) is 19.7 Å². The zero-order valence-corrected chi connectivity index (χ0v) is 19.1. The van der Waals surface area contributed by atoms with Crippen molar-refractivity contribution in [1.29, 1.82) is 0 Å². The first kappa shape index (κ1) is 23.0. The third-order valence-electron chi connectivity index (χ3n) is 4.40. The number of nitrogens with zero attached hydrogens (tertiary/aromatic N) is 2. The Hall–Kier alpha value is -2.69. The number of carbonyl (C=O) groups excluding carboxylic acids is 2. The van der Waals surface area contributed by atoms with E-state index in [2.05, 4.69) is 15.6 Å². The first-order chi connectivity index (χ1) is 14.8. The summed E-state index contributed by atoms with van der Waals surface area (Å²) in [7, 11) is 0. The van der Waals surface area contributed by atoms with Gasteiger partial charge in [-0.2, -0.15) is 11.8 Å². The summed E-state index contributed by atoms with van der Waals surface area (Å²) in [6.07, 6.45) is 2.30. The van der Waals surface area contributed by atoms with Crippen LogP contribution in [0.3, 0.4) is 0 Å². The van der Waals surface area contributed by atoms with Gasteiger partial charge < -0.3 is 10.6 Å². The molecule has 1 unspecified atom stereocenters. The molecular weight excluding hydrogens is 460 g/mol. The van der Waals surface area contributed by atoms with Crippen LogP contribution in [0.4, 0.5) is 11.4 Å². The highest BCUT2D eigenvalue weighted by Gasteiger charge is 2.23. The Balaban J connectivity index is 1.76. The number of nitrogens with one attached hydrogen (secondary N) is 2. The number of nitro groups is 1. The van der Waals surface area contributed by atoms with Crippen molar-refractivity contribution in [3.05, 3.63) is 62.1 Å². The zero-order valence-electron chi connectivity index (χ0n) is 16.7. The number of aryl methyl sites for hydroxylation is 1. The van der Waals surface area contributed by atoms with E-state index in [0.29, 0.717) is 17.9 Å². The van der Waals surface area contributed by atoms with E-state index < -0.39 is 16.9 Å². The summed E-state index contributed by atoms with van der Waals surface area (Å²) in [5.41, 5.74) is 1.15. The van der Waals surface area contributed by atoms with Crippen LogP contribution in [-0.4, -0.2) is 39.8 Å². The number of rotatable bonds is 8. The second-order valence-corrected chi connectivity index (χ2v) is 9.26. The summed E-state index contributed by atoms with van der Waals surface area (Å²) in [6.45, 7) is 1.91. The highest BCUT2D eigenvalue weighted by atomic mass is 35.5. The Morgan fingerprint density at radius 1 is 1.29 bits per heavy atom. The van der Waals surface area contributed by atoms with Crippen LogP contribution in [0.25, 0.3) is 10.2 Å². The Labute approximate surface area is 191 Å². The molecule has 0 spiro atoms. The molecule has 0 radical (unpaired) electrons. The van der Waals surface area contributed by atoms with Crippen LogP contribution in [0.15, 0.2) is 36.4 Å². The van der Waals surface area contributed by atoms with Gasteiger partial charge in [0.25, 0.3) is 11.6 Å². The maximum Gasteiger partial charge on any atom is 0.288 e. The predicted molar refractivity (Wildman–Crippen MR) is 125 cm³/mol. The minimum absolute atomic E-state index is 0.0552. The van der Waals surface area contributed by atoms with Crippen molar-refractivity contribution in [2.75, 3.05) is 17.3 Å². The smallest absolute Gasteiger partial charge is 0.288 e. The van der Waals surface area contributed by atoms with Crippen molar-refractivity contribution in [3.8, 4) is 0 Å². The third kappa shape index (κ3) is 5.72. The molecule has 1 heterocycles. The topological polar surface area (TPSA) is 114 Å². The molecule has 2 aromatic carbocycles. The van der Waals surface area contributed by atoms with Crippen LogP contribution in [0, 0.1) is 17.0 Å². The highest BCUT2D eigenvalue weighted by molar-refractivity contribution is 7.98. The molecule has 162 valence electrons. The molecule has 0 fully saturated rings. The highest BCUT2D eigenvalue weighted by Crippen LogP contribution is 2.26. The van der Waals surface area contributed by atoms with E-state index >= 15 is 0 Å². The van der Waals surface area contributed by atoms with Gasteiger partial charge in [0.05, 0.1) is 20.1 Å². The SMILES string of the molecule is CSCCC(NC(=O)c1ccc(Cl)c([N+](=O)[O-])c1)C(=O)Nc1ccc2nc(C)sc2c1. The van der Waals surface area contributed by atoms with Gasteiger partial charge in [0.1, 0.15) is 11.1 Å². The maximum atomic E-state index is 12.9. The summed E-state index contributed by atoms with van der Waals surface area (Å²) < 4.78 is 0.952. The van der Waals surface area contributed by atoms with Crippen molar-refractivity contribution in [2.45, 2.75) is 19.4 Å². The number of halogens is 1. The fraction of sp³-hybridized carbons (Fsp3) is 0.250. The number of amides is 2. The lowest BCUT2D eigenvalue weighted by molar-refractivity contribution is -0.384. The standard InChI is InChI=1S/C20H19ClN4O4S2/c1-11-22-15-6-4-13(10-18(15)31-11)23-20(27)16(7-8-30-2)24-19(26)12-3-5-14(21)17(9-12)25(28)29/h3-6,9-10,16H,7-8H2,1-2H3,(H,23,27)(H,24,26). The lowest BCUT2D eigenvalue weighted by Crippen LogP contribution is -2.44. The van der Waals surface area contributed by atoms with E-state index in [0.717, 1.165) is 21.3 Å². The molecule has 11 heteroatoms. The van der Waals surface area contributed by atoms with Gasteiger partial charge in [0.15, 0.2) is 0 Å². The van der Waals surface area contributed by atoms with E-state index in [4.69, 9.17) is 11.6 Å². The molecule has 3 aromatic rings. The number of fused-ring (bicyclic) bond motifs is 1. The minimum Gasteiger partial charge on any atom is -0.340 e. The summed E-state index contributed by atoms with van der Waals surface area (Å²) in [4.78, 5) is 40.4. The van der Waals surface area contributed by atoms with Crippen LogP contribution in [0.2, 0.25) is 5.02 Å². The molecule has 0 aliphatic rings. The number of aromatic nitrogens is 1. The monoisotopic (exact) mass is 478 g/mol. The van der Waals surface area contributed by atoms with Crippen molar-refractivity contribution in [1.82, 2.24) is 10.3 Å². The number of anilines is 1. The molecule has 1 aromatic heterocycles. The molecule has 2 amide bonds. The Morgan fingerprint density at radius 3 is 2.77 bits per heavy atom. The van der Waals surface area contributed by atoms with Gasteiger partial charge in [-0.05, 0) is 55.7 Å². The van der Waals surface area contributed by atoms with Crippen LogP contribution in [0.1, 0.15) is 21.8 Å². The number of hydrogen-bond donors (Lipinski definition) is 2. The average molecular weight is 479 g/mol. The molecule has 0 saturated heterocycles. The Morgan fingerprint density at radius 2 is 2.06 bits per heavy atom. The first-order valence-corrected chi connectivity index (χ1v) is 11.8. The van der Waals surface area contributed by atoms with Crippen LogP contribution < -0.4 is 10.6 Å². The molecular formula is C20H19ClN4O4S2. The van der Waals surface area contributed by atoms with E-state index in [-0.39, 0.29) is 22.2 Å². The largest absolute Gasteiger partial charge is 0.340 e. The second-order valence-electron chi connectivity index (χ2n) is 6.64. The number of thioether (sulfide) groups is 1. The molecule has 0 aliphatic carbocycles. The molecule has 8 nitrogen and oxygen atoms in total. The summed E-state index contributed by atoms with van der Waals surface area (Å²) in [5.74, 6) is -0.312. The van der Waals surface area contributed by atoms with Gasteiger partial charge in [-0.1, -0.05) is 11.6 Å². The Kier molecular flexibility index (Phi) is 7.47. The number of nitro benzene ring substituents is 1. The lowest BCUT2D eigenvalue weighted by Gasteiger charge is -2.18. The number of thiazole rings is 1. The van der Waals surface area contributed by atoms with Gasteiger partial charge >= 0.3 is 0 Å². The Bertz CT molecular complexity index is 1150. The van der Waals surface area contributed by atoms with Gasteiger partial charge in [-0.25, -0.2) is 4.98 Å². The number of benzene rings is 2.